The molecule has 2 rings (SSSR count). The number of aliphatic hydroxyl groups excluding tert-OH is 1. The van der Waals surface area contributed by atoms with Crippen LogP contribution in [0.4, 0.5) is 5.69 Å². The first kappa shape index (κ1) is 19.6. The summed E-state index contributed by atoms with van der Waals surface area (Å²) in [5.74, 6) is 0.777. The predicted molar refractivity (Wildman–Crippen MR) is 97.9 cm³/mol. The number of methoxy groups -OCH3 is 1. The van der Waals surface area contributed by atoms with Gasteiger partial charge in [0, 0.05) is 24.3 Å². The molecule has 0 heterocycles. The highest BCUT2D eigenvalue weighted by molar-refractivity contribution is 6.30. The molecule has 2 atom stereocenters. The number of benzene rings is 2. The van der Waals surface area contributed by atoms with Crippen LogP contribution in [-0.2, 0) is 0 Å². The van der Waals surface area contributed by atoms with Crippen molar-refractivity contribution in [3.63, 3.8) is 0 Å². The van der Waals surface area contributed by atoms with E-state index in [1.807, 2.05) is 60.5 Å². The fourth-order valence-corrected chi connectivity index (χ4v) is 2.60. The third-order valence-electron chi connectivity index (χ3n) is 3.71. The van der Waals surface area contributed by atoms with Gasteiger partial charge in [-0.3, -0.25) is 0 Å². The lowest BCUT2D eigenvalue weighted by molar-refractivity contribution is 0.150. The van der Waals surface area contributed by atoms with Crippen LogP contribution < -0.4 is 15.4 Å². The van der Waals surface area contributed by atoms with Crippen LogP contribution in [0.2, 0.25) is 5.02 Å². The third-order valence-corrected chi connectivity index (χ3v) is 3.97. The van der Waals surface area contributed by atoms with Crippen molar-refractivity contribution in [2.75, 3.05) is 25.6 Å². The molecule has 2 aromatic rings. The Morgan fingerprint density at radius 1 is 1.13 bits per heavy atom. The first-order valence-electron chi connectivity index (χ1n) is 7.07. The standard InChI is InChI=1S/C17H21ClN2O2.ClH/c1-20(14-7-5-13(18)6-8-14)17(16(21)11-19)12-3-9-15(22-2)10-4-12;/h3-10,16-17,21H,11,19H2,1-2H3;1H. The average Bonchev–Trinajstić information content (AvgIpc) is 2.56. The Kier molecular flexibility index (Phi) is 7.65. The van der Waals surface area contributed by atoms with Crippen LogP contribution in [0.1, 0.15) is 11.6 Å². The van der Waals surface area contributed by atoms with Gasteiger partial charge in [0.15, 0.2) is 0 Å². The summed E-state index contributed by atoms with van der Waals surface area (Å²) >= 11 is 5.93. The molecule has 0 aliphatic rings. The van der Waals surface area contributed by atoms with Crippen molar-refractivity contribution >= 4 is 29.7 Å². The normalized spacial score (nSPS) is 12.9. The van der Waals surface area contributed by atoms with Gasteiger partial charge in [-0.2, -0.15) is 0 Å². The minimum atomic E-state index is -0.686. The summed E-state index contributed by atoms with van der Waals surface area (Å²) in [6.45, 7) is 0.175. The van der Waals surface area contributed by atoms with Crippen molar-refractivity contribution < 1.29 is 9.84 Å². The molecule has 0 radical (unpaired) electrons. The van der Waals surface area contributed by atoms with Gasteiger partial charge in [-0.1, -0.05) is 23.7 Å². The van der Waals surface area contributed by atoms with Gasteiger partial charge >= 0.3 is 0 Å². The summed E-state index contributed by atoms with van der Waals surface area (Å²) in [5, 5.41) is 11.0. The van der Waals surface area contributed by atoms with Gasteiger partial charge in [0.2, 0.25) is 0 Å². The molecule has 126 valence electrons. The molecule has 0 saturated heterocycles. The number of hydrogen-bond acceptors (Lipinski definition) is 4. The lowest BCUT2D eigenvalue weighted by Crippen LogP contribution is -2.38. The predicted octanol–water partition coefficient (Wildman–Crippen LogP) is 3.27. The van der Waals surface area contributed by atoms with Crippen LogP contribution in [-0.4, -0.2) is 31.9 Å². The molecular formula is C17H22Cl2N2O2. The van der Waals surface area contributed by atoms with Gasteiger partial charge in [0.1, 0.15) is 5.75 Å². The number of nitrogens with two attached hydrogens (primary N) is 1. The highest BCUT2D eigenvalue weighted by Gasteiger charge is 2.25. The first-order chi connectivity index (χ1) is 10.6. The van der Waals surface area contributed by atoms with Crippen LogP contribution >= 0.6 is 24.0 Å². The molecule has 0 bridgehead atoms. The van der Waals surface area contributed by atoms with E-state index in [4.69, 9.17) is 22.1 Å². The number of hydrogen-bond donors (Lipinski definition) is 2. The quantitative estimate of drug-likeness (QED) is 0.833. The smallest absolute Gasteiger partial charge is 0.118 e. The van der Waals surface area contributed by atoms with E-state index in [0.717, 1.165) is 17.0 Å². The van der Waals surface area contributed by atoms with E-state index in [9.17, 15) is 5.11 Å². The second kappa shape index (κ2) is 8.99. The van der Waals surface area contributed by atoms with E-state index >= 15 is 0 Å². The van der Waals surface area contributed by atoms with Crippen molar-refractivity contribution in [3.8, 4) is 5.75 Å². The van der Waals surface area contributed by atoms with Crippen LogP contribution in [0.5, 0.6) is 5.75 Å². The summed E-state index contributed by atoms with van der Waals surface area (Å²) < 4.78 is 5.18. The molecule has 0 aliphatic heterocycles. The van der Waals surface area contributed by atoms with Crippen LogP contribution in [0.15, 0.2) is 48.5 Å². The average molecular weight is 357 g/mol. The molecule has 0 saturated carbocycles. The van der Waals surface area contributed by atoms with Crippen molar-refractivity contribution in [2.24, 2.45) is 5.73 Å². The minimum absolute atomic E-state index is 0. The Labute approximate surface area is 148 Å². The second-order valence-electron chi connectivity index (χ2n) is 5.11. The van der Waals surface area contributed by atoms with E-state index < -0.39 is 6.10 Å². The van der Waals surface area contributed by atoms with Gasteiger partial charge in [0.05, 0.1) is 19.3 Å². The number of likely N-dealkylation sites (N-methyl/N-ethyl adjacent to an activating group) is 1. The molecule has 0 spiro atoms. The number of halogens is 2. The van der Waals surface area contributed by atoms with Crippen molar-refractivity contribution in [3.05, 3.63) is 59.1 Å². The number of rotatable bonds is 6. The largest absolute Gasteiger partial charge is 0.497 e. The Bertz CT molecular complexity index is 591. The number of nitrogens with zero attached hydrogens (tertiary/aromatic N) is 1. The highest BCUT2D eigenvalue weighted by Crippen LogP contribution is 2.30. The van der Waals surface area contributed by atoms with Crippen molar-refractivity contribution in [1.29, 1.82) is 0 Å². The van der Waals surface area contributed by atoms with Crippen LogP contribution in [0.25, 0.3) is 0 Å². The Hall–Kier alpha value is -1.46. The summed E-state index contributed by atoms with van der Waals surface area (Å²) in [7, 11) is 3.55. The van der Waals surface area contributed by atoms with Gasteiger partial charge in [-0.15, -0.1) is 12.4 Å². The maximum absolute atomic E-state index is 10.4. The molecule has 23 heavy (non-hydrogen) atoms. The zero-order valence-corrected chi connectivity index (χ0v) is 14.7. The fourth-order valence-electron chi connectivity index (χ4n) is 2.47. The molecule has 0 fully saturated rings. The summed E-state index contributed by atoms with van der Waals surface area (Å²) in [5.41, 5.74) is 7.61. The zero-order chi connectivity index (χ0) is 16.1. The lowest BCUT2D eigenvalue weighted by Gasteiger charge is -2.33. The van der Waals surface area contributed by atoms with E-state index in [-0.39, 0.29) is 25.0 Å². The SMILES string of the molecule is COc1ccc(C(C(O)CN)N(C)c2ccc(Cl)cc2)cc1.Cl. The highest BCUT2D eigenvalue weighted by atomic mass is 35.5. The number of ether oxygens (including phenoxy) is 1. The van der Waals surface area contributed by atoms with Crippen molar-refractivity contribution in [2.45, 2.75) is 12.1 Å². The lowest BCUT2D eigenvalue weighted by atomic mass is 9.99. The summed E-state index contributed by atoms with van der Waals surface area (Å²) in [6, 6.07) is 14.9. The maximum Gasteiger partial charge on any atom is 0.118 e. The Balaban J connectivity index is 0.00000264. The van der Waals surface area contributed by atoms with E-state index in [1.54, 1.807) is 7.11 Å². The Morgan fingerprint density at radius 3 is 2.17 bits per heavy atom. The molecule has 3 N–H and O–H groups in total. The molecule has 0 amide bonds. The molecule has 4 nitrogen and oxygen atoms in total. The second-order valence-corrected chi connectivity index (χ2v) is 5.54. The van der Waals surface area contributed by atoms with E-state index in [1.165, 1.54) is 0 Å². The number of anilines is 1. The zero-order valence-electron chi connectivity index (χ0n) is 13.1. The Morgan fingerprint density at radius 2 is 1.70 bits per heavy atom. The summed E-state index contributed by atoms with van der Waals surface area (Å²) in [4.78, 5) is 2.00. The molecule has 6 heteroatoms. The van der Waals surface area contributed by atoms with Gasteiger partial charge < -0.3 is 20.5 Å². The monoisotopic (exact) mass is 356 g/mol. The van der Waals surface area contributed by atoms with Gasteiger partial charge in [-0.25, -0.2) is 0 Å². The van der Waals surface area contributed by atoms with Crippen molar-refractivity contribution in [1.82, 2.24) is 0 Å². The molecule has 0 aromatic heterocycles. The van der Waals surface area contributed by atoms with Gasteiger partial charge in [0.25, 0.3) is 0 Å². The van der Waals surface area contributed by atoms with E-state index in [2.05, 4.69) is 0 Å². The number of aliphatic hydroxyl groups is 1. The first-order valence-corrected chi connectivity index (χ1v) is 7.45. The third kappa shape index (κ3) is 4.75. The van der Waals surface area contributed by atoms with Crippen LogP contribution in [0.3, 0.4) is 0 Å². The van der Waals surface area contributed by atoms with Crippen LogP contribution in [0, 0.1) is 0 Å². The molecule has 2 aromatic carbocycles. The fraction of sp³-hybridized carbons (Fsp3) is 0.294. The summed E-state index contributed by atoms with van der Waals surface area (Å²) in [6.07, 6.45) is -0.686. The minimum Gasteiger partial charge on any atom is -0.497 e. The molecule has 2 unspecified atom stereocenters. The molecule has 0 aliphatic carbocycles. The maximum atomic E-state index is 10.4. The van der Waals surface area contributed by atoms with Gasteiger partial charge in [-0.05, 0) is 42.0 Å². The molecular weight excluding hydrogens is 335 g/mol. The topological polar surface area (TPSA) is 58.7 Å². The van der Waals surface area contributed by atoms with E-state index in [0.29, 0.717) is 5.02 Å².